The molecule has 146 valence electrons. The number of hydrogen-bond acceptors (Lipinski definition) is 4. The zero-order valence-electron chi connectivity index (χ0n) is 15.9. The summed E-state index contributed by atoms with van der Waals surface area (Å²) in [5.74, 6) is 0.764. The molecule has 5 rings (SSSR count). The fourth-order valence-electron chi connectivity index (χ4n) is 4.34. The number of aromatic nitrogens is 3. The zero-order chi connectivity index (χ0) is 19.3. The minimum absolute atomic E-state index is 0.0218. The van der Waals surface area contributed by atoms with Crippen LogP contribution in [0.15, 0.2) is 28.8 Å². The molecule has 1 atom stereocenters. The molecule has 1 saturated carbocycles. The number of aryl methyl sites for hydroxylation is 1. The number of carbonyl (C=O) groups is 1. The maximum atomic E-state index is 13.4. The number of hydrogen-bond donors (Lipinski definition) is 0. The minimum atomic E-state index is -0.338. The molecule has 2 fully saturated rings. The van der Waals surface area contributed by atoms with Crippen LogP contribution in [0.5, 0.6) is 0 Å². The molecule has 0 unspecified atom stereocenters. The van der Waals surface area contributed by atoms with Crippen molar-refractivity contribution in [3.8, 4) is 0 Å². The Morgan fingerprint density at radius 1 is 1.21 bits per heavy atom. The van der Waals surface area contributed by atoms with Crippen LogP contribution in [-0.4, -0.2) is 38.7 Å². The number of oxazole rings is 1. The predicted molar refractivity (Wildman–Crippen MR) is 102 cm³/mol. The summed E-state index contributed by atoms with van der Waals surface area (Å²) in [7, 11) is 1.84. The van der Waals surface area contributed by atoms with E-state index in [1.807, 2.05) is 18.1 Å². The average Bonchev–Trinajstić information content (AvgIpc) is 3.23. The highest BCUT2D eigenvalue weighted by Gasteiger charge is 2.33. The zero-order valence-corrected chi connectivity index (χ0v) is 15.9. The molecular formula is C21H23FN4O2. The van der Waals surface area contributed by atoms with E-state index in [1.54, 1.807) is 10.7 Å². The number of halogens is 1. The second-order valence-electron chi connectivity index (χ2n) is 7.95. The number of carbonyl (C=O) groups excluding carboxylic acids is 1. The molecule has 3 aromatic rings. The standard InChI is InChI=1S/C21H23FN4O2/c1-25-19(16(11-23-25)13-4-2-5-13)21(27)26-9-3-6-14(12-26)20-24-17-8-7-15(22)10-18(17)28-20/h7-8,10-11,13-14H,2-6,9,12H2,1H3/t14-/m0/s1. The first-order valence-corrected chi connectivity index (χ1v) is 9.97. The highest BCUT2D eigenvalue weighted by Crippen LogP contribution is 2.38. The molecule has 1 amide bonds. The van der Waals surface area contributed by atoms with Crippen molar-refractivity contribution in [3.05, 3.63) is 47.4 Å². The normalized spacial score (nSPS) is 20.5. The molecule has 0 N–H and O–H groups in total. The number of amides is 1. The van der Waals surface area contributed by atoms with Crippen LogP contribution in [0.1, 0.15) is 65.9 Å². The number of benzene rings is 1. The van der Waals surface area contributed by atoms with Gasteiger partial charge in [0, 0.05) is 31.8 Å². The van der Waals surface area contributed by atoms with Gasteiger partial charge in [-0.1, -0.05) is 6.42 Å². The topological polar surface area (TPSA) is 64.2 Å². The summed E-state index contributed by atoms with van der Waals surface area (Å²) in [4.78, 5) is 19.7. The van der Waals surface area contributed by atoms with Gasteiger partial charge in [-0.05, 0) is 43.7 Å². The minimum Gasteiger partial charge on any atom is -0.440 e. The van der Waals surface area contributed by atoms with Gasteiger partial charge >= 0.3 is 0 Å². The Morgan fingerprint density at radius 3 is 2.82 bits per heavy atom. The van der Waals surface area contributed by atoms with Gasteiger partial charge in [-0.3, -0.25) is 9.48 Å². The first-order valence-electron chi connectivity index (χ1n) is 9.97. The van der Waals surface area contributed by atoms with E-state index in [1.165, 1.54) is 18.6 Å². The van der Waals surface area contributed by atoms with Crippen molar-refractivity contribution < 1.29 is 13.6 Å². The Bertz CT molecular complexity index is 1040. The maximum Gasteiger partial charge on any atom is 0.272 e. The number of fused-ring (bicyclic) bond motifs is 1. The van der Waals surface area contributed by atoms with E-state index >= 15 is 0 Å². The van der Waals surface area contributed by atoms with Crippen molar-refractivity contribution in [3.63, 3.8) is 0 Å². The van der Waals surface area contributed by atoms with Gasteiger partial charge in [0.1, 0.15) is 17.0 Å². The Kier molecular flexibility index (Phi) is 4.18. The number of likely N-dealkylation sites (tertiary alicyclic amines) is 1. The van der Waals surface area contributed by atoms with E-state index in [0.717, 1.165) is 37.8 Å². The van der Waals surface area contributed by atoms with Crippen molar-refractivity contribution in [2.45, 2.75) is 43.9 Å². The lowest BCUT2D eigenvalue weighted by atomic mass is 9.80. The maximum absolute atomic E-state index is 13.4. The van der Waals surface area contributed by atoms with Crippen LogP contribution in [0.2, 0.25) is 0 Å². The van der Waals surface area contributed by atoms with E-state index in [-0.39, 0.29) is 17.6 Å². The van der Waals surface area contributed by atoms with Gasteiger partial charge in [-0.25, -0.2) is 9.37 Å². The Hall–Kier alpha value is -2.70. The second-order valence-corrected chi connectivity index (χ2v) is 7.95. The smallest absolute Gasteiger partial charge is 0.272 e. The molecule has 1 aliphatic heterocycles. The third kappa shape index (κ3) is 2.89. The first-order chi connectivity index (χ1) is 13.6. The molecule has 6 nitrogen and oxygen atoms in total. The number of nitrogens with zero attached hydrogens (tertiary/aromatic N) is 4. The van der Waals surface area contributed by atoms with Gasteiger partial charge in [0.05, 0.1) is 12.1 Å². The summed E-state index contributed by atoms with van der Waals surface area (Å²) in [6.07, 6.45) is 7.13. The molecule has 0 radical (unpaired) electrons. The number of rotatable bonds is 3. The summed E-state index contributed by atoms with van der Waals surface area (Å²) in [6.45, 7) is 1.28. The van der Waals surface area contributed by atoms with E-state index in [9.17, 15) is 9.18 Å². The molecule has 1 saturated heterocycles. The van der Waals surface area contributed by atoms with Gasteiger partial charge in [0.2, 0.25) is 0 Å². The molecule has 0 bridgehead atoms. The van der Waals surface area contributed by atoms with Crippen molar-refractivity contribution in [1.82, 2.24) is 19.7 Å². The Labute approximate surface area is 162 Å². The third-order valence-corrected chi connectivity index (χ3v) is 6.14. The van der Waals surface area contributed by atoms with E-state index in [0.29, 0.717) is 35.1 Å². The first kappa shape index (κ1) is 17.4. The molecule has 2 aliphatic rings. The lowest BCUT2D eigenvalue weighted by Gasteiger charge is -2.32. The van der Waals surface area contributed by atoms with Crippen LogP contribution in [0.3, 0.4) is 0 Å². The highest BCUT2D eigenvalue weighted by molar-refractivity contribution is 5.94. The molecule has 1 aromatic carbocycles. The number of piperidine rings is 1. The Morgan fingerprint density at radius 2 is 2.04 bits per heavy atom. The van der Waals surface area contributed by atoms with Crippen molar-refractivity contribution >= 4 is 17.0 Å². The molecule has 3 heterocycles. The largest absolute Gasteiger partial charge is 0.440 e. The lowest BCUT2D eigenvalue weighted by molar-refractivity contribution is 0.0685. The van der Waals surface area contributed by atoms with Crippen LogP contribution >= 0.6 is 0 Å². The highest BCUT2D eigenvalue weighted by atomic mass is 19.1. The molecule has 28 heavy (non-hydrogen) atoms. The summed E-state index contributed by atoms with van der Waals surface area (Å²) in [6, 6.07) is 4.37. The van der Waals surface area contributed by atoms with E-state index < -0.39 is 0 Å². The van der Waals surface area contributed by atoms with Crippen LogP contribution in [0.25, 0.3) is 11.1 Å². The van der Waals surface area contributed by atoms with Gasteiger partial charge in [0.15, 0.2) is 11.5 Å². The monoisotopic (exact) mass is 382 g/mol. The van der Waals surface area contributed by atoms with E-state index in [2.05, 4.69) is 10.1 Å². The molecular weight excluding hydrogens is 359 g/mol. The Balaban J connectivity index is 1.39. The summed E-state index contributed by atoms with van der Waals surface area (Å²) >= 11 is 0. The van der Waals surface area contributed by atoms with Gasteiger partial charge in [-0.15, -0.1) is 0 Å². The second kappa shape index (κ2) is 6.72. The molecule has 7 heteroatoms. The quantitative estimate of drug-likeness (QED) is 0.687. The fraction of sp³-hybridized carbons (Fsp3) is 0.476. The SMILES string of the molecule is Cn1ncc(C2CCC2)c1C(=O)N1CCC[C@H](c2nc3ccc(F)cc3o2)C1. The van der Waals surface area contributed by atoms with Gasteiger partial charge in [-0.2, -0.15) is 5.10 Å². The predicted octanol–water partition coefficient (Wildman–Crippen LogP) is 3.99. The van der Waals surface area contributed by atoms with Crippen molar-refractivity contribution in [2.75, 3.05) is 13.1 Å². The van der Waals surface area contributed by atoms with E-state index in [4.69, 9.17) is 4.42 Å². The summed E-state index contributed by atoms with van der Waals surface area (Å²) < 4.78 is 21.0. The van der Waals surface area contributed by atoms with Crippen LogP contribution in [0.4, 0.5) is 4.39 Å². The van der Waals surface area contributed by atoms with Crippen LogP contribution in [0, 0.1) is 5.82 Å². The molecule has 2 aromatic heterocycles. The van der Waals surface area contributed by atoms with Crippen LogP contribution < -0.4 is 0 Å². The third-order valence-electron chi connectivity index (χ3n) is 6.14. The fourth-order valence-corrected chi connectivity index (χ4v) is 4.34. The average molecular weight is 382 g/mol. The van der Waals surface area contributed by atoms with Gasteiger partial charge in [0.25, 0.3) is 5.91 Å². The molecule has 0 spiro atoms. The lowest BCUT2D eigenvalue weighted by Crippen LogP contribution is -2.40. The van der Waals surface area contributed by atoms with Gasteiger partial charge < -0.3 is 9.32 Å². The summed E-state index contributed by atoms with van der Waals surface area (Å²) in [5, 5.41) is 4.35. The van der Waals surface area contributed by atoms with Crippen molar-refractivity contribution in [2.24, 2.45) is 7.05 Å². The van der Waals surface area contributed by atoms with Crippen molar-refractivity contribution in [1.29, 1.82) is 0 Å². The van der Waals surface area contributed by atoms with Crippen LogP contribution in [-0.2, 0) is 7.05 Å². The molecule has 1 aliphatic carbocycles. The summed E-state index contributed by atoms with van der Waals surface area (Å²) in [5.41, 5.74) is 2.90.